The number of nitrogens with one attached hydrogen (secondary N) is 2. The van der Waals surface area contributed by atoms with Gasteiger partial charge in [0.25, 0.3) is 0 Å². The van der Waals surface area contributed by atoms with Crippen LogP contribution in [0.3, 0.4) is 0 Å². The first-order valence-electron chi connectivity index (χ1n) is 7.49. The number of amides is 1. The van der Waals surface area contributed by atoms with E-state index in [1.54, 1.807) is 0 Å². The lowest BCUT2D eigenvalue weighted by Crippen LogP contribution is -2.31. The number of carbonyl (C=O) groups is 1. The van der Waals surface area contributed by atoms with Crippen LogP contribution in [0.4, 0.5) is 5.69 Å². The quantitative estimate of drug-likeness (QED) is 0.817. The smallest absolute Gasteiger partial charge is 0.221 e. The highest BCUT2D eigenvalue weighted by molar-refractivity contribution is 5.76. The molecule has 0 fully saturated rings. The highest BCUT2D eigenvalue weighted by Crippen LogP contribution is 2.22. The average Bonchev–Trinajstić information content (AvgIpc) is 2.49. The molecule has 0 heterocycles. The monoisotopic (exact) mass is 298 g/mol. The van der Waals surface area contributed by atoms with Gasteiger partial charge in [0, 0.05) is 24.7 Å². The van der Waals surface area contributed by atoms with Gasteiger partial charge in [-0.05, 0) is 50.2 Å². The molecule has 2 aromatic rings. The molecule has 4 nitrogen and oxygen atoms in total. The van der Waals surface area contributed by atoms with Crippen LogP contribution in [-0.2, 0) is 4.79 Å². The van der Waals surface area contributed by atoms with E-state index in [0.717, 1.165) is 17.2 Å². The molecule has 116 valence electrons. The van der Waals surface area contributed by atoms with Crippen molar-refractivity contribution in [2.24, 2.45) is 0 Å². The highest BCUT2D eigenvalue weighted by atomic mass is 16.5. The predicted octanol–water partition coefficient (Wildman–Crippen LogP) is 3.81. The summed E-state index contributed by atoms with van der Waals surface area (Å²) in [5.74, 6) is 1.66. The highest BCUT2D eigenvalue weighted by Gasteiger charge is 2.03. The third kappa shape index (κ3) is 5.48. The number of para-hydroxylation sites is 1. The van der Waals surface area contributed by atoms with Crippen LogP contribution in [0.15, 0.2) is 54.6 Å². The second-order valence-electron chi connectivity index (χ2n) is 5.34. The van der Waals surface area contributed by atoms with Crippen molar-refractivity contribution in [2.45, 2.75) is 26.3 Å². The maximum absolute atomic E-state index is 11.5. The zero-order valence-corrected chi connectivity index (χ0v) is 13.0. The Labute approximate surface area is 131 Å². The van der Waals surface area contributed by atoms with Gasteiger partial charge in [-0.25, -0.2) is 0 Å². The van der Waals surface area contributed by atoms with Gasteiger partial charge in [-0.1, -0.05) is 18.2 Å². The first kappa shape index (κ1) is 15.9. The van der Waals surface area contributed by atoms with Gasteiger partial charge in [-0.3, -0.25) is 4.79 Å². The second-order valence-corrected chi connectivity index (χ2v) is 5.34. The fourth-order valence-corrected chi connectivity index (χ4v) is 1.98. The molecule has 0 saturated heterocycles. The Balaban J connectivity index is 1.78. The molecule has 0 saturated carbocycles. The third-order valence-corrected chi connectivity index (χ3v) is 2.96. The summed E-state index contributed by atoms with van der Waals surface area (Å²) in [6, 6.07) is 17.5. The molecule has 22 heavy (non-hydrogen) atoms. The summed E-state index contributed by atoms with van der Waals surface area (Å²) in [6.07, 6.45) is 0.459. The molecule has 0 aliphatic heterocycles. The number of anilines is 1. The molecule has 0 unspecified atom stereocenters. The number of hydrogen-bond donors (Lipinski definition) is 2. The van der Waals surface area contributed by atoms with Gasteiger partial charge in [-0.2, -0.15) is 0 Å². The van der Waals surface area contributed by atoms with Gasteiger partial charge >= 0.3 is 0 Å². The second kappa shape index (κ2) is 8.08. The van der Waals surface area contributed by atoms with Crippen LogP contribution in [0.2, 0.25) is 0 Å². The molecule has 0 aliphatic carbocycles. The summed E-state index contributed by atoms with van der Waals surface area (Å²) in [4.78, 5) is 11.5. The zero-order chi connectivity index (χ0) is 15.8. The molecule has 2 aromatic carbocycles. The van der Waals surface area contributed by atoms with Crippen LogP contribution < -0.4 is 15.4 Å². The standard InChI is InChI=1S/C18H22N2O2/c1-14(2)20-18(21)12-13-19-15-8-10-17(11-9-15)22-16-6-4-3-5-7-16/h3-11,14,19H,12-13H2,1-2H3,(H,20,21). The number of hydrogen-bond acceptors (Lipinski definition) is 3. The van der Waals surface area contributed by atoms with Gasteiger partial charge in [-0.15, -0.1) is 0 Å². The summed E-state index contributed by atoms with van der Waals surface area (Å²) in [5.41, 5.74) is 0.970. The van der Waals surface area contributed by atoms with Crippen molar-refractivity contribution < 1.29 is 9.53 Å². The minimum absolute atomic E-state index is 0.0616. The van der Waals surface area contributed by atoms with E-state index < -0.39 is 0 Å². The molecule has 0 spiro atoms. The zero-order valence-electron chi connectivity index (χ0n) is 13.0. The fraction of sp³-hybridized carbons (Fsp3) is 0.278. The molecule has 0 aliphatic rings. The summed E-state index contributed by atoms with van der Waals surface area (Å²) in [5, 5.41) is 6.09. The van der Waals surface area contributed by atoms with Gasteiger partial charge < -0.3 is 15.4 Å². The van der Waals surface area contributed by atoms with Crippen molar-refractivity contribution in [1.29, 1.82) is 0 Å². The van der Waals surface area contributed by atoms with E-state index in [4.69, 9.17) is 4.74 Å². The van der Waals surface area contributed by atoms with Crippen LogP contribution in [0.5, 0.6) is 11.5 Å². The van der Waals surface area contributed by atoms with Crippen molar-refractivity contribution in [2.75, 3.05) is 11.9 Å². The Morgan fingerprint density at radius 1 is 1.00 bits per heavy atom. The van der Waals surface area contributed by atoms with Crippen LogP contribution in [-0.4, -0.2) is 18.5 Å². The molecule has 1 amide bonds. The van der Waals surface area contributed by atoms with E-state index in [1.807, 2.05) is 68.4 Å². The van der Waals surface area contributed by atoms with Gasteiger partial charge in [0.2, 0.25) is 5.91 Å². The number of carbonyl (C=O) groups excluding carboxylic acids is 1. The lowest BCUT2D eigenvalue weighted by molar-refractivity contribution is -0.121. The predicted molar refractivity (Wildman–Crippen MR) is 89.3 cm³/mol. The Morgan fingerprint density at radius 3 is 2.27 bits per heavy atom. The summed E-state index contributed by atoms with van der Waals surface area (Å²) >= 11 is 0. The van der Waals surface area contributed by atoms with E-state index in [-0.39, 0.29) is 11.9 Å². The Kier molecular flexibility index (Phi) is 5.83. The molecular weight excluding hydrogens is 276 g/mol. The van der Waals surface area contributed by atoms with Crippen LogP contribution in [0.25, 0.3) is 0 Å². The number of rotatable bonds is 7. The summed E-state index contributed by atoms with van der Waals surface area (Å²) in [7, 11) is 0. The lowest BCUT2D eigenvalue weighted by Gasteiger charge is -2.10. The summed E-state index contributed by atoms with van der Waals surface area (Å²) in [6.45, 7) is 4.52. The Hall–Kier alpha value is -2.49. The molecular formula is C18H22N2O2. The maximum Gasteiger partial charge on any atom is 0.221 e. The van der Waals surface area contributed by atoms with Crippen LogP contribution in [0, 0.1) is 0 Å². The van der Waals surface area contributed by atoms with E-state index in [1.165, 1.54) is 0 Å². The van der Waals surface area contributed by atoms with E-state index in [9.17, 15) is 4.79 Å². The topological polar surface area (TPSA) is 50.4 Å². The van der Waals surface area contributed by atoms with Gasteiger partial charge in [0.05, 0.1) is 0 Å². The van der Waals surface area contributed by atoms with Crippen LogP contribution in [0.1, 0.15) is 20.3 Å². The molecule has 0 aromatic heterocycles. The van der Waals surface area contributed by atoms with Crippen molar-refractivity contribution in [3.05, 3.63) is 54.6 Å². The fourth-order valence-electron chi connectivity index (χ4n) is 1.98. The molecule has 0 atom stereocenters. The SMILES string of the molecule is CC(C)NC(=O)CCNc1ccc(Oc2ccccc2)cc1. The van der Waals surface area contributed by atoms with Crippen molar-refractivity contribution in [3.63, 3.8) is 0 Å². The maximum atomic E-state index is 11.5. The molecule has 0 bridgehead atoms. The number of ether oxygens (including phenoxy) is 1. The summed E-state index contributed by atoms with van der Waals surface area (Å²) < 4.78 is 5.73. The van der Waals surface area contributed by atoms with Crippen molar-refractivity contribution >= 4 is 11.6 Å². The Bertz CT molecular complexity index is 580. The van der Waals surface area contributed by atoms with Crippen LogP contribution >= 0.6 is 0 Å². The first-order valence-corrected chi connectivity index (χ1v) is 7.49. The third-order valence-electron chi connectivity index (χ3n) is 2.96. The van der Waals surface area contributed by atoms with E-state index in [2.05, 4.69) is 10.6 Å². The van der Waals surface area contributed by atoms with Gasteiger partial charge in [0.15, 0.2) is 0 Å². The molecule has 0 radical (unpaired) electrons. The minimum atomic E-state index is 0.0616. The lowest BCUT2D eigenvalue weighted by atomic mass is 10.3. The minimum Gasteiger partial charge on any atom is -0.457 e. The number of benzene rings is 2. The first-order chi connectivity index (χ1) is 10.6. The molecule has 2 N–H and O–H groups in total. The Morgan fingerprint density at radius 2 is 1.64 bits per heavy atom. The molecule has 4 heteroatoms. The molecule has 2 rings (SSSR count). The van der Waals surface area contributed by atoms with E-state index in [0.29, 0.717) is 13.0 Å². The van der Waals surface area contributed by atoms with Crippen molar-refractivity contribution in [3.8, 4) is 11.5 Å². The van der Waals surface area contributed by atoms with Crippen molar-refractivity contribution in [1.82, 2.24) is 5.32 Å². The van der Waals surface area contributed by atoms with Gasteiger partial charge in [0.1, 0.15) is 11.5 Å². The normalized spacial score (nSPS) is 10.3. The van der Waals surface area contributed by atoms with E-state index >= 15 is 0 Å². The average molecular weight is 298 g/mol. The largest absolute Gasteiger partial charge is 0.457 e.